The van der Waals surface area contributed by atoms with Crippen molar-refractivity contribution in [3.63, 3.8) is 0 Å². The fourth-order valence-electron chi connectivity index (χ4n) is 2.55. The van der Waals surface area contributed by atoms with Gasteiger partial charge in [-0.15, -0.1) is 0 Å². The normalized spacial score (nSPS) is 14.5. The molecule has 0 radical (unpaired) electrons. The molecule has 21 heavy (non-hydrogen) atoms. The van der Waals surface area contributed by atoms with E-state index in [1.165, 1.54) is 0 Å². The van der Waals surface area contributed by atoms with Gasteiger partial charge in [-0.3, -0.25) is 4.79 Å². The molecule has 2 aromatic rings. The summed E-state index contributed by atoms with van der Waals surface area (Å²) in [4.78, 5) is 14.5. The Bertz CT molecular complexity index is 579. The van der Waals surface area contributed by atoms with Crippen LogP contribution in [0, 0.1) is 5.92 Å². The Balaban J connectivity index is 1.78. The number of rotatable bonds is 5. The number of hydrogen-bond acceptors (Lipinski definition) is 2. The summed E-state index contributed by atoms with van der Waals surface area (Å²) in [5.74, 6) is 0.691. The molecule has 3 nitrogen and oxygen atoms in total. The van der Waals surface area contributed by atoms with E-state index in [0.29, 0.717) is 18.9 Å². The van der Waals surface area contributed by atoms with Gasteiger partial charge in [0.25, 0.3) is 0 Å². The quantitative estimate of drug-likeness (QED) is 0.913. The number of para-hydroxylation sites is 1. The Morgan fingerprint density at radius 1 is 1.00 bits per heavy atom. The fourth-order valence-corrected chi connectivity index (χ4v) is 2.55. The number of anilines is 1. The van der Waals surface area contributed by atoms with Gasteiger partial charge in [0.15, 0.2) is 0 Å². The van der Waals surface area contributed by atoms with Crippen LogP contribution in [0.1, 0.15) is 12.0 Å². The smallest absolute Gasteiger partial charge is 0.227 e. The highest BCUT2D eigenvalue weighted by atomic mass is 16.2. The van der Waals surface area contributed by atoms with Crippen molar-refractivity contribution in [2.24, 2.45) is 5.92 Å². The van der Waals surface area contributed by atoms with E-state index in [2.05, 4.69) is 17.4 Å². The van der Waals surface area contributed by atoms with Crippen molar-refractivity contribution < 1.29 is 4.79 Å². The summed E-state index contributed by atoms with van der Waals surface area (Å²) in [6.45, 7) is 2.54. The van der Waals surface area contributed by atoms with Gasteiger partial charge in [-0.05, 0) is 36.7 Å². The van der Waals surface area contributed by atoms with Crippen LogP contribution in [0.2, 0.25) is 0 Å². The molecule has 1 fully saturated rings. The zero-order valence-corrected chi connectivity index (χ0v) is 12.0. The Labute approximate surface area is 125 Å². The van der Waals surface area contributed by atoms with Crippen molar-refractivity contribution in [3.05, 3.63) is 66.2 Å². The molecule has 0 aromatic heterocycles. The zero-order chi connectivity index (χ0) is 14.5. The van der Waals surface area contributed by atoms with Crippen LogP contribution in [0.3, 0.4) is 0 Å². The first-order valence-corrected chi connectivity index (χ1v) is 7.43. The van der Waals surface area contributed by atoms with E-state index in [0.717, 1.165) is 24.3 Å². The molecular weight excluding hydrogens is 260 g/mol. The van der Waals surface area contributed by atoms with E-state index in [-0.39, 0.29) is 5.91 Å². The molecule has 0 spiro atoms. The molecule has 3 heteroatoms. The summed E-state index contributed by atoms with van der Waals surface area (Å²) in [5, 5.41) is 3.22. The maximum atomic E-state index is 12.6. The number of benzene rings is 2. The van der Waals surface area contributed by atoms with Crippen LogP contribution < -0.4 is 10.2 Å². The Hall–Kier alpha value is -2.13. The van der Waals surface area contributed by atoms with Crippen LogP contribution >= 0.6 is 0 Å². The van der Waals surface area contributed by atoms with E-state index < -0.39 is 0 Å². The lowest BCUT2D eigenvalue weighted by atomic mass is 9.98. The first kappa shape index (κ1) is 13.8. The molecule has 1 heterocycles. The van der Waals surface area contributed by atoms with Crippen molar-refractivity contribution in [2.75, 3.05) is 18.0 Å². The number of carbonyl (C=O) groups is 1. The van der Waals surface area contributed by atoms with Crippen LogP contribution in [0.4, 0.5) is 5.69 Å². The Kier molecular flexibility index (Phi) is 4.31. The van der Waals surface area contributed by atoms with Gasteiger partial charge in [0.05, 0.1) is 6.54 Å². The molecular formula is C18H20N2O. The summed E-state index contributed by atoms with van der Waals surface area (Å²) < 4.78 is 0. The summed E-state index contributed by atoms with van der Waals surface area (Å²) in [7, 11) is 0. The lowest BCUT2D eigenvalue weighted by molar-refractivity contribution is -0.120. The lowest BCUT2D eigenvalue weighted by Gasteiger charge is -2.30. The Morgan fingerprint density at radius 3 is 2.19 bits per heavy atom. The standard InChI is InChI=1S/C18H20N2O/c21-18(11-16-12-19-13-16)20(17-9-5-2-6-10-17)14-15-7-3-1-4-8-15/h1-10,16,19H,11-14H2. The SMILES string of the molecule is O=C(CC1CNC1)N(Cc1ccccc1)c1ccccc1. The highest BCUT2D eigenvalue weighted by Crippen LogP contribution is 2.20. The molecule has 1 N–H and O–H groups in total. The molecule has 3 rings (SSSR count). The van der Waals surface area contributed by atoms with Gasteiger partial charge in [0.2, 0.25) is 5.91 Å². The second-order valence-electron chi connectivity index (χ2n) is 5.53. The van der Waals surface area contributed by atoms with Gasteiger partial charge < -0.3 is 10.2 Å². The maximum Gasteiger partial charge on any atom is 0.227 e. The molecule has 1 aliphatic heterocycles. The monoisotopic (exact) mass is 280 g/mol. The third-order valence-corrected chi connectivity index (χ3v) is 3.88. The molecule has 0 saturated carbocycles. The zero-order valence-electron chi connectivity index (χ0n) is 12.0. The Morgan fingerprint density at radius 2 is 1.62 bits per heavy atom. The lowest BCUT2D eigenvalue weighted by Crippen LogP contribution is -2.45. The minimum atomic E-state index is 0.205. The first-order valence-electron chi connectivity index (χ1n) is 7.43. The van der Waals surface area contributed by atoms with Crippen LogP contribution in [-0.2, 0) is 11.3 Å². The molecule has 1 aliphatic rings. The van der Waals surface area contributed by atoms with Gasteiger partial charge in [-0.2, -0.15) is 0 Å². The number of carbonyl (C=O) groups excluding carboxylic acids is 1. The average Bonchev–Trinajstić information content (AvgIpc) is 2.50. The maximum absolute atomic E-state index is 12.6. The van der Waals surface area contributed by atoms with E-state index in [1.54, 1.807) is 0 Å². The van der Waals surface area contributed by atoms with Crippen molar-refractivity contribution in [3.8, 4) is 0 Å². The number of nitrogens with zero attached hydrogens (tertiary/aromatic N) is 1. The molecule has 108 valence electrons. The van der Waals surface area contributed by atoms with Crippen molar-refractivity contribution in [1.29, 1.82) is 0 Å². The van der Waals surface area contributed by atoms with Crippen molar-refractivity contribution in [2.45, 2.75) is 13.0 Å². The summed E-state index contributed by atoms with van der Waals surface area (Å²) in [6.07, 6.45) is 0.620. The topological polar surface area (TPSA) is 32.3 Å². The number of hydrogen-bond donors (Lipinski definition) is 1. The van der Waals surface area contributed by atoms with Gasteiger partial charge in [-0.25, -0.2) is 0 Å². The molecule has 1 saturated heterocycles. The van der Waals surface area contributed by atoms with Gasteiger partial charge in [-0.1, -0.05) is 48.5 Å². The second-order valence-corrected chi connectivity index (χ2v) is 5.53. The summed E-state index contributed by atoms with van der Waals surface area (Å²) in [5.41, 5.74) is 2.13. The molecule has 0 atom stereocenters. The number of nitrogens with one attached hydrogen (secondary N) is 1. The predicted octanol–water partition coefficient (Wildman–Crippen LogP) is 2.83. The highest BCUT2D eigenvalue weighted by Gasteiger charge is 2.24. The number of amides is 1. The third kappa shape index (κ3) is 3.50. The van der Waals surface area contributed by atoms with Crippen LogP contribution in [-0.4, -0.2) is 19.0 Å². The summed E-state index contributed by atoms with van der Waals surface area (Å²) >= 11 is 0. The summed E-state index contributed by atoms with van der Waals surface area (Å²) in [6, 6.07) is 20.1. The van der Waals surface area contributed by atoms with Gasteiger partial charge >= 0.3 is 0 Å². The molecule has 2 aromatic carbocycles. The van der Waals surface area contributed by atoms with Crippen LogP contribution in [0.15, 0.2) is 60.7 Å². The van der Waals surface area contributed by atoms with E-state index in [1.807, 2.05) is 53.4 Å². The van der Waals surface area contributed by atoms with Gasteiger partial charge in [0, 0.05) is 12.1 Å². The molecule has 0 unspecified atom stereocenters. The highest BCUT2D eigenvalue weighted by molar-refractivity contribution is 5.93. The fraction of sp³-hybridized carbons (Fsp3) is 0.278. The second kappa shape index (κ2) is 6.55. The average molecular weight is 280 g/mol. The third-order valence-electron chi connectivity index (χ3n) is 3.88. The molecule has 0 bridgehead atoms. The van der Waals surface area contributed by atoms with Crippen molar-refractivity contribution in [1.82, 2.24) is 5.32 Å². The molecule has 1 amide bonds. The van der Waals surface area contributed by atoms with Crippen LogP contribution in [0.5, 0.6) is 0 Å². The minimum absolute atomic E-state index is 0.205. The van der Waals surface area contributed by atoms with E-state index >= 15 is 0 Å². The van der Waals surface area contributed by atoms with Crippen LogP contribution in [0.25, 0.3) is 0 Å². The van der Waals surface area contributed by atoms with E-state index in [9.17, 15) is 4.79 Å². The van der Waals surface area contributed by atoms with E-state index in [4.69, 9.17) is 0 Å². The largest absolute Gasteiger partial charge is 0.316 e. The first-order chi connectivity index (χ1) is 10.3. The predicted molar refractivity (Wildman–Crippen MR) is 85.1 cm³/mol. The van der Waals surface area contributed by atoms with Crippen molar-refractivity contribution >= 4 is 11.6 Å². The molecule has 0 aliphatic carbocycles. The minimum Gasteiger partial charge on any atom is -0.316 e. The van der Waals surface area contributed by atoms with Gasteiger partial charge in [0.1, 0.15) is 0 Å².